The molecule has 130 valence electrons. The maximum Gasteiger partial charge on any atom is 0.222 e. The molecule has 1 heterocycles. The van der Waals surface area contributed by atoms with Crippen molar-refractivity contribution in [3.05, 3.63) is 65.4 Å². The van der Waals surface area contributed by atoms with E-state index in [0.717, 1.165) is 40.9 Å². The fourth-order valence-electron chi connectivity index (χ4n) is 3.35. The van der Waals surface area contributed by atoms with Gasteiger partial charge < -0.3 is 10.4 Å². The van der Waals surface area contributed by atoms with Crippen LogP contribution in [-0.4, -0.2) is 21.0 Å². The number of nitrogens with zero attached hydrogens (tertiary/aromatic N) is 2. The lowest BCUT2D eigenvalue weighted by Gasteiger charge is -2.21. The van der Waals surface area contributed by atoms with E-state index in [4.69, 9.17) is 9.97 Å². The van der Waals surface area contributed by atoms with Crippen molar-refractivity contribution in [1.82, 2.24) is 9.97 Å². The Bertz CT molecular complexity index is 984. The molecule has 4 rings (SSSR count). The van der Waals surface area contributed by atoms with Gasteiger partial charge in [-0.15, -0.1) is 0 Å². The average molecular weight is 345 g/mol. The molecule has 1 aliphatic carbocycles. The van der Waals surface area contributed by atoms with Crippen molar-refractivity contribution in [2.24, 2.45) is 0 Å². The lowest BCUT2D eigenvalue weighted by atomic mass is 9.90. The summed E-state index contributed by atoms with van der Waals surface area (Å²) in [6, 6.07) is 15.7. The second-order valence-corrected chi connectivity index (χ2v) is 6.41. The van der Waals surface area contributed by atoms with Crippen LogP contribution in [0.4, 0.5) is 5.82 Å². The van der Waals surface area contributed by atoms with Crippen molar-refractivity contribution >= 4 is 11.7 Å². The Balaban J connectivity index is 1.90. The van der Waals surface area contributed by atoms with Crippen molar-refractivity contribution in [3.63, 3.8) is 0 Å². The first kappa shape index (κ1) is 16.4. The summed E-state index contributed by atoms with van der Waals surface area (Å²) in [6.07, 6.45) is 1.60. The zero-order valence-electron chi connectivity index (χ0n) is 14.5. The molecule has 0 aliphatic heterocycles. The maximum absolute atomic E-state index is 11.6. The van der Waals surface area contributed by atoms with Gasteiger partial charge in [0, 0.05) is 18.1 Å². The highest BCUT2D eigenvalue weighted by molar-refractivity contribution is 5.92. The van der Waals surface area contributed by atoms with Crippen molar-refractivity contribution in [3.8, 4) is 22.5 Å². The molecule has 5 nitrogen and oxygen atoms in total. The van der Waals surface area contributed by atoms with E-state index in [-0.39, 0.29) is 12.5 Å². The van der Waals surface area contributed by atoms with Crippen LogP contribution < -0.4 is 5.32 Å². The van der Waals surface area contributed by atoms with Gasteiger partial charge in [-0.1, -0.05) is 48.5 Å². The zero-order chi connectivity index (χ0) is 18.1. The molecule has 0 atom stereocenters. The Morgan fingerprint density at radius 1 is 1.08 bits per heavy atom. The molecule has 0 fully saturated rings. The summed E-state index contributed by atoms with van der Waals surface area (Å²) in [5.41, 5.74) is 6.43. The first-order chi connectivity index (χ1) is 12.7. The Morgan fingerprint density at radius 2 is 1.88 bits per heavy atom. The second kappa shape index (κ2) is 6.69. The third-order valence-corrected chi connectivity index (χ3v) is 4.55. The second-order valence-electron chi connectivity index (χ2n) is 6.41. The molecule has 26 heavy (non-hydrogen) atoms. The minimum absolute atomic E-state index is 0.0303. The highest BCUT2D eigenvalue weighted by Crippen LogP contribution is 2.36. The smallest absolute Gasteiger partial charge is 0.222 e. The molecular formula is C21H19N3O2. The Hall–Kier alpha value is -3.05. The van der Waals surface area contributed by atoms with Gasteiger partial charge in [-0.2, -0.15) is 0 Å². The number of aliphatic hydroxyl groups is 1. The van der Waals surface area contributed by atoms with Crippen LogP contribution in [0, 0.1) is 0 Å². The van der Waals surface area contributed by atoms with Gasteiger partial charge >= 0.3 is 0 Å². The molecule has 5 heteroatoms. The van der Waals surface area contributed by atoms with Crippen LogP contribution in [0.3, 0.4) is 0 Å². The van der Waals surface area contributed by atoms with Gasteiger partial charge in [0.1, 0.15) is 5.69 Å². The molecule has 0 unspecified atom stereocenters. The number of aliphatic hydroxyl groups excluding tert-OH is 1. The number of carbonyl (C=O) groups excluding carboxylic acids is 1. The number of aromatic nitrogens is 2. The quantitative estimate of drug-likeness (QED) is 0.763. The van der Waals surface area contributed by atoms with E-state index in [1.807, 2.05) is 48.5 Å². The summed E-state index contributed by atoms with van der Waals surface area (Å²) >= 11 is 0. The number of benzene rings is 2. The first-order valence-corrected chi connectivity index (χ1v) is 8.62. The highest BCUT2D eigenvalue weighted by Gasteiger charge is 2.22. The summed E-state index contributed by atoms with van der Waals surface area (Å²) in [5.74, 6) is 0.332. The fourth-order valence-corrected chi connectivity index (χ4v) is 3.35. The van der Waals surface area contributed by atoms with Gasteiger partial charge in [0.25, 0.3) is 0 Å². The number of fused-ring (bicyclic) bond motifs is 3. The Morgan fingerprint density at radius 3 is 2.62 bits per heavy atom. The zero-order valence-corrected chi connectivity index (χ0v) is 14.5. The van der Waals surface area contributed by atoms with Crippen LogP contribution in [0.15, 0.2) is 48.5 Å². The third-order valence-electron chi connectivity index (χ3n) is 4.55. The summed E-state index contributed by atoms with van der Waals surface area (Å²) in [7, 11) is 0. The fraction of sp³-hybridized carbons (Fsp3) is 0.190. The van der Waals surface area contributed by atoms with E-state index < -0.39 is 0 Å². The molecule has 0 radical (unpaired) electrons. The molecule has 0 saturated carbocycles. The molecule has 0 bridgehead atoms. The summed E-state index contributed by atoms with van der Waals surface area (Å²) in [6.45, 7) is 1.50. The van der Waals surface area contributed by atoms with Gasteiger partial charge in [0.2, 0.25) is 5.91 Å². The van der Waals surface area contributed by atoms with Gasteiger partial charge in [0.05, 0.1) is 18.0 Å². The van der Waals surface area contributed by atoms with E-state index in [2.05, 4.69) is 5.32 Å². The lowest BCUT2D eigenvalue weighted by Crippen LogP contribution is -2.15. The number of nitrogens with one attached hydrogen (secondary N) is 1. The standard InChI is InChI=1S/C21H19N3O2/c1-13(26)22-21-19(15-5-3-2-4-6-15)24-20-17-9-7-14(12-25)11-16(17)8-10-18(20)23-21/h2-7,9,11,25H,8,10,12H2,1H3,(H,22,23,26). The van der Waals surface area contributed by atoms with Crippen molar-refractivity contribution < 1.29 is 9.90 Å². The molecule has 0 saturated heterocycles. The van der Waals surface area contributed by atoms with Crippen LogP contribution in [0.5, 0.6) is 0 Å². The molecule has 0 spiro atoms. The van der Waals surface area contributed by atoms with E-state index in [1.165, 1.54) is 12.5 Å². The summed E-state index contributed by atoms with van der Waals surface area (Å²) in [4.78, 5) is 21.3. The topological polar surface area (TPSA) is 75.1 Å². The number of hydrogen-bond donors (Lipinski definition) is 2. The maximum atomic E-state index is 11.6. The number of anilines is 1. The number of hydrogen-bond acceptors (Lipinski definition) is 4. The van der Waals surface area contributed by atoms with Crippen LogP contribution in [-0.2, 0) is 24.2 Å². The molecule has 2 N–H and O–H groups in total. The molecule has 1 aromatic heterocycles. The van der Waals surface area contributed by atoms with E-state index in [9.17, 15) is 9.90 Å². The van der Waals surface area contributed by atoms with Gasteiger partial charge in [-0.05, 0) is 24.0 Å². The van der Waals surface area contributed by atoms with E-state index >= 15 is 0 Å². The first-order valence-electron chi connectivity index (χ1n) is 8.62. The number of carbonyl (C=O) groups is 1. The van der Waals surface area contributed by atoms with Crippen molar-refractivity contribution in [2.45, 2.75) is 26.4 Å². The highest BCUT2D eigenvalue weighted by atomic mass is 16.3. The molecule has 1 amide bonds. The van der Waals surface area contributed by atoms with Gasteiger partial charge in [-0.25, -0.2) is 9.97 Å². The largest absolute Gasteiger partial charge is 0.392 e. The Labute approximate surface area is 151 Å². The molecular weight excluding hydrogens is 326 g/mol. The normalized spacial score (nSPS) is 12.2. The van der Waals surface area contributed by atoms with E-state index in [0.29, 0.717) is 11.5 Å². The predicted molar refractivity (Wildman–Crippen MR) is 101 cm³/mol. The summed E-state index contributed by atoms with van der Waals surface area (Å²) in [5, 5.41) is 12.2. The monoisotopic (exact) mass is 345 g/mol. The molecule has 1 aliphatic rings. The molecule has 3 aromatic rings. The predicted octanol–water partition coefficient (Wildman–Crippen LogP) is 3.36. The van der Waals surface area contributed by atoms with Gasteiger partial charge in [-0.3, -0.25) is 4.79 Å². The number of rotatable bonds is 3. The van der Waals surface area contributed by atoms with Crippen LogP contribution >= 0.6 is 0 Å². The average Bonchev–Trinajstić information content (AvgIpc) is 2.67. The third kappa shape index (κ3) is 2.97. The van der Waals surface area contributed by atoms with Crippen LogP contribution in [0.2, 0.25) is 0 Å². The van der Waals surface area contributed by atoms with Crippen molar-refractivity contribution in [1.29, 1.82) is 0 Å². The number of aryl methyl sites for hydroxylation is 2. The Kier molecular flexibility index (Phi) is 4.22. The molecule has 2 aromatic carbocycles. The van der Waals surface area contributed by atoms with Gasteiger partial charge in [0.15, 0.2) is 5.82 Å². The SMILES string of the molecule is CC(=O)Nc1nc2c(nc1-c1ccccc1)-c1ccc(CO)cc1CC2. The van der Waals surface area contributed by atoms with Crippen molar-refractivity contribution in [2.75, 3.05) is 5.32 Å². The minimum atomic E-state index is -0.166. The lowest BCUT2D eigenvalue weighted by molar-refractivity contribution is -0.114. The van der Waals surface area contributed by atoms with Crippen LogP contribution in [0.25, 0.3) is 22.5 Å². The van der Waals surface area contributed by atoms with E-state index in [1.54, 1.807) is 0 Å². The number of amides is 1. The minimum Gasteiger partial charge on any atom is -0.392 e. The summed E-state index contributed by atoms with van der Waals surface area (Å²) < 4.78 is 0. The van der Waals surface area contributed by atoms with Crippen LogP contribution in [0.1, 0.15) is 23.7 Å².